The molecule has 1 aromatic rings. The van der Waals surface area contributed by atoms with Crippen molar-refractivity contribution in [2.45, 2.75) is 31.8 Å². The Labute approximate surface area is 142 Å². The lowest BCUT2D eigenvalue weighted by Crippen LogP contribution is -2.43. The van der Waals surface area contributed by atoms with Crippen molar-refractivity contribution in [3.05, 3.63) is 29.8 Å². The average molecular weight is 342 g/mol. The molecule has 1 aromatic carbocycles. The zero-order chi connectivity index (χ0) is 17.8. The van der Waals surface area contributed by atoms with Crippen molar-refractivity contribution >= 4 is 6.29 Å². The van der Waals surface area contributed by atoms with E-state index >= 15 is 0 Å². The van der Waals surface area contributed by atoms with E-state index in [0.29, 0.717) is 12.9 Å². The van der Waals surface area contributed by atoms with Crippen LogP contribution in [0.4, 0.5) is 0 Å². The van der Waals surface area contributed by atoms with Gasteiger partial charge in [0, 0.05) is 14.2 Å². The Morgan fingerprint density at radius 3 is 2.12 bits per heavy atom. The van der Waals surface area contributed by atoms with Gasteiger partial charge in [-0.1, -0.05) is 12.1 Å². The van der Waals surface area contributed by atoms with E-state index in [9.17, 15) is 4.79 Å². The number of benzene rings is 1. The standard InChI is InChI=1S/C17H26O7/c1-13(22-10-14-5-7-15(21-4)8-6-14)17(24-12-20-3)16(9-18)23-11-19-2/h5-9,13,16-17H,10-12H2,1-4H3/t13-,16+,17-/m0/s1. The molecular weight excluding hydrogens is 316 g/mol. The predicted molar refractivity (Wildman–Crippen MR) is 86.8 cm³/mol. The maximum atomic E-state index is 11.3. The summed E-state index contributed by atoms with van der Waals surface area (Å²) in [7, 11) is 4.60. The molecule has 0 fully saturated rings. The van der Waals surface area contributed by atoms with Gasteiger partial charge in [0.2, 0.25) is 0 Å². The highest BCUT2D eigenvalue weighted by atomic mass is 16.7. The summed E-state index contributed by atoms with van der Waals surface area (Å²) in [5, 5.41) is 0. The maximum absolute atomic E-state index is 11.3. The molecule has 0 radical (unpaired) electrons. The van der Waals surface area contributed by atoms with Gasteiger partial charge in [0.15, 0.2) is 6.29 Å². The van der Waals surface area contributed by atoms with Crippen molar-refractivity contribution in [2.75, 3.05) is 34.9 Å². The fraction of sp³-hybridized carbons (Fsp3) is 0.588. The molecule has 0 aliphatic heterocycles. The van der Waals surface area contributed by atoms with E-state index < -0.39 is 18.3 Å². The highest BCUT2D eigenvalue weighted by Gasteiger charge is 2.29. The largest absolute Gasteiger partial charge is 0.497 e. The first-order valence-corrected chi connectivity index (χ1v) is 7.57. The molecule has 0 spiro atoms. The summed E-state index contributed by atoms with van der Waals surface area (Å²) in [6.07, 6.45) is -1.15. The van der Waals surface area contributed by atoms with Crippen LogP contribution in [0.15, 0.2) is 24.3 Å². The average Bonchev–Trinajstić information content (AvgIpc) is 2.62. The monoisotopic (exact) mass is 342 g/mol. The van der Waals surface area contributed by atoms with Crippen LogP contribution in [0.25, 0.3) is 0 Å². The number of ether oxygens (including phenoxy) is 6. The van der Waals surface area contributed by atoms with Gasteiger partial charge in [-0.05, 0) is 24.6 Å². The van der Waals surface area contributed by atoms with Crippen molar-refractivity contribution < 1.29 is 33.2 Å². The highest BCUT2D eigenvalue weighted by Crippen LogP contribution is 2.16. The van der Waals surface area contributed by atoms with Crippen molar-refractivity contribution in [1.29, 1.82) is 0 Å². The molecule has 0 unspecified atom stereocenters. The van der Waals surface area contributed by atoms with Crippen LogP contribution in [0.3, 0.4) is 0 Å². The summed E-state index contributed by atoms with van der Waals surface area (Å²) >= 11 is 0. The summed E-state index contributed by atoms with van der Waals surface area (Å²) in [6, 6.07) is 7.54. The maximum Gasteiger partial charge on any atom is 0.151 e. The van der Waals surface area contributed by atoms with E-state index in [2.05, 4.69) is 0 Å². The lowest BCUT2D eigenvalue weighted by atomic mass is 10.1. The van der Waals surface area contributed by atoms with Crippen molar-refractivity contribution in [3.63, 3.8) is 0 Å². The molecule has 3 atom stereocenters. The van der Waals surface area contributed by atoms with Gasteiger partial charge in [0.1, 0.15) is 31.5 Å². The fourth-order valence-corrected chi connectivity index (χ4v) is 2.05. The molecule has 0 N–H and O–H groups in total. The van der Waals surface area contributed by atoms with Crippen LogP contribution in [0.5, 0.6) is 5.75 Å². The molecule has 24 heavy (non-hydrogen) atoms. The van der Waals surface area contributed by atoms with E-state index in [1.165, 1.54) is 14.2 Å². The SMILES string of the molecule is COCO[C@@H]([C@H](C)OCc1ccc(OC)cc1)[C@@H](C=O)OCOC. The van der Waals surface area contributed by atoms with Crippen molar-refractivity contribution in [3.8, 4) is 5.75 Å². The minimum absolute atomic E-state index is 0.0125. The van der Waals surface area contributed by atoms with E-state index in [4.69, 9.17) is 28.4 Å². The predicted octanol–water partition coefficient (Wildman–Crippen LogP) is 1.78. The Morgan fingerprint density at radius 2 is 1.58 bits per heavy atom. The Hall–Kier alpha value is -1.51. The van der Waals surface area contributed by atoms with Crippen LogP contribution in [-0.4, -0.2) is 59.5 Å². The first kappa shape index (κ1) is 20.5. The molecular formula is C17H26O7. The van der Waals surface area contributed by atoms with Crippen LogP contribution in [-0.2, 0) is 35.1 Å². The molecule has 0 bridgehead atoms. The number of hydrogen-bond donors (Lipinski definition) is 0. The number of hydrogen-bond acceptors (Lipinski definition) is 7. The zero-order valence-corrected chi connectivity index (χ0v) is 14.6. The number of carbonyl (C=O) groups excluding carboxylic acids is 1. The second kappa shape index (κ2) is 11.9. The third kappa shape index (κ3) is 6.94. The van der Waals surface area contributed by atoms with E-state index in [1.807, 2.05) is 31.2 Å². The smallest absolute Gasteiger partial charge is 0.151 e. The third-order valence-electron chi connectivity index (χ3n) is 3.35. The summed E-state index contributed by atoms with van der Waals surface area (Å²) < 4.78 is 31.6. The molecule has 7 nitrogen and oxygen atoms in total. The van der Waals surface area contributed by atoms with Crippen LogP contribution in [0.1, 0.15) is 12.5 Å². The van der Waals surface area contributed by atoms with Gasteiger partial charge in [-0.25, -0.2) is 0 Å². The highest BCUT2D eigenvalue weighted by molar-refractivity contribution is 5.57. The van der Waals surface area contributed by atoms with Crippen molar-refractivity contribution in [1.82, 2.24) is 0 Å². The summed E-state index contributed by atoms with van der Waals surface area (Å²) in [6.45, 7) is 2.20. The fourth-order valence-electron chi connectivity index (χ4n) is 2.05. The van der Waals surface area contributed by atoms with Gasteiger partial charge >= 0.3 is 0 Å². The van der Waals surface area contributed by atoms with E-state index in [1.54, 1.807) is 7.11 Å². The minimum atomic E-state index is -0.814. The Bertz CT molecular complexity index is 449. The zero-order valence-electron chi connectivity index (χ0n) is 14.6. The van der Waals surface area contributed by atoms with Crippen LogP contribution < -0.4 is 4.74 Å². The number of methoxy groups -OCH3 is 3. The number of aldehydes is 1. The number of carbonyl (C=O) groups is 1. The van der Waals surface area contributed by atoms with Gasteiger partial charge in [0.25, 0.3) is 0 Å². The van der Waals surface area contributed by atoms with Gasteiger partial charge in [0.05, 0.1) is 19.8 Å². The van der Waals surface area contributed by atoms with Gasteiger partial charge in [-0.2, -0.15) is 0 Å². The third-order valence-corrected chi connectivity index (χ3v) is 3.35. The van der Waals surface area contributed by atoms with Crippen LogP contribution in [0, 0.1) is 0 Å². The molecule has 136 valence electrons. The summed E-state index contributed by atoms with van der Waals surface area (Å²) in [4.78, 5) is 11.3. The van der Waals surface area contributed by atoms with Gasteiger partial charge in [-0.15, -0.1) is 0 Å². The van der Waals surface area contributed by atoms with Crippen LogP contribution >= 0.6 is 0 Å². The molecule has 7 heteroatoms. The summed E-state index contributed by atoms with van der Waals surface area (Å²) in [5.41, 5.74) is 0.980. The second-order valence-corrected chi connectivity index (χ2v) is 5.08. The lowest BCUT2D eigenvalue weighted by Gasteiger charge is -2.28. The normalized spacial score (nSPS) is 14.8. The lowest BCUT2D eigenvalue weighted by molar-refractivity contribution is -0.189. The molecule has 0 aromatic heterocycles. The first-order valence-electron chi connectivity index (χ1n) is 7.57. The topological polar surface area (TPSA) is 72.5 Å². The molecule has 0 amide bonds. The molecule has 0 aliphatic carbocycles. The molecule has 0 saturated heterocycles. The molecule has 0 saturated carbocycles. The Morgan fingerprint density at radius 1 is 0.958 bits per heavy atom. The first-order chi connectivity index (χ1) is 11.7. The quantitative estimate of drug-likeness (QED) is 0.400. The Balaban J connectivity index is 2.64. The Kier molecular flexibility index (Phi) is 10.2. The molecule has 1 rings (SSSR count). The number of rotatable bonds is 13. The second-order valence-electron chi connectivity index (χ2n) is 5.08. The van der Waals surface area contributed by atoms with E-state index in [0.717, 1.165) is 11.3 Å². The van der Waals surface area contributed by atoms with Gasteiger partial charge in [-0.3, -0.25) is 0 Å². The molecule has 0 heterocycles. The van der Waals surface area contributed by atoms with E-state index in [-0.39, 0.29) is 13.6 Å². The van der Waals surface area contributed by atoms with Crippen molar-refractivity contribution in [2.24, 2.45) is 0 Å². The minimum Gasteiger partial charge on any atom is -0.497 e. The summed E-state index contributed by atoms with van der Waals surface area (Å²) in [5.74, 6) is 0.780. The van der Waals surface area contributed by atoms with Gasteiger partial charge < -0.3 is 33.2 Å². The molecule has 0 aliphatic rings. The van der Waals surface area contributed by atoms with Crippen LogP contribution in [0.2, 0.25) is 0 Å².